The number of halogens is 1. The maximum atomic E-state index is 13.4. The Bertz CT molecular complexity index is 845. The first-order valence-electron chi connectivity index (χ1n) is 10.3. The lowest BCUT2D eigenvalue weighted by Gasteiger charge is -2.41. The van der Waals surface area contributed by atoms with E-state index < -0.39 is 6.04 Å². The topological polar surface area (TPSA) is 94.0 Å². The summed E-state index contributed by atoms with van der Waals surface area (Å²) in [7, 11) is 0. The van der Waals surface area contributed by atoms with Gasteiger partial charge < -0.3 is 20.8 Å². The molecule has 0 spiro atoms. The lowest BCUT2D eigenvalue weighted by molar-refractivity contribution is -0.119. The molecule has 4 rings (SSSR count). The lowest BCUT2D eigenvalue weighted by Crippen LogP contribution is -2.53. The fraction of sp³-hybridized carbons (Fsp3) is 0.545. The molecule has 1 aliphatic heterocycles. The number of hydrogen-bond acceptors (Lipinski definition) is 6. The molecule has 2 atom stereocenters. The van der Waals surface area contributed by atoms with Crippen LogP contribution >= 0.6 is 0 Å². The van der Waals surface area contributed by atoms with Crippen molar-refractivity contribution in [3.63, 3.8) is 0 Å². The maximum absolute atomic E-state index is 13.4. The highest BCUT2D eigenvalue weighted by atomic mass is 19.1. The summed E-state index contributed by atoms with van der Waals surface area (Å²) in [6, 6.07) is 5.80. The molecule has 0 bridgehead atoms. The molecule has 7 heteroatoms. The Morgan fingerprint density at radius 2 is 2.00 bits per heavy atom. The number of aliphatic imine (C=N–C) groups is 1. The minimum Gasteiger partial charge on any atom is -0.396 e. The van der Waals surface area contributed by atoms with E-state index in [1.807, 2.05) is 0 Å². The fourth-order valence-corrected chi connectivity index (χ4v) is 4.57. The Morgan fingerprint density at radius 1 is 1.28 bits per heavy atom. The predicted octanol–water partition coefficient (Wildman–Crippen LogP) is 2.33. The van der Waals surface area contributed by atoms with Crippen molar-refractivity contribution in [2.24, 2.45) is 10.4 Å². The molecule has 0 radical (unpaired) electrons. The highest BCUT2D eigenvalue weighted by molar-refractivity contribution is 6.01. The minimum atomic E-state index is -0.478. The van der Waals surface area contributed by atoms with Gasteiger partial charge in [-0.25, -0.2) is 9.38 Å². The van der Waals surface area contributed by atoms with Gasteiger partial charge in [0.25, 0.3) is 0 Å². The molecule has 1 aromatic rings. The summed E-state index contributed by atoms with van der Waals surface area (Å²) in [5.74, 6) is 0.318. The third-order valence-corrected chi connectivity index (χ3v) is 6.20. The van der Waals surface area contributed by atoms with Gasteiger partial charge in [0.15, 0.2) is 11.7 Å². The molecule has 2 aliphatic carbocycles. The molecular weight excluding hydrogens is 373 g/mol. The van der Waals surface area contributed by atoms with Crippen molar-refractivity contribution in [2.75, 3.05) is 6.61 Å². The number of allylic oxidation sites excluding steroid dienone is 1. The van der Waals surface area contributed by atoms with E-state index in [1.54, 1.807) is 12.1 Å². The number of ketones is 1. The molecule has 0 aromatic heterocycles. The fourth-order valence-electron chi connectivity index (χ4n) is 4.57. The van der Waals surface area contributed by atoms with Crippen LogP contribution in [-0.4, -0.2) is 40.7 Å². The molecule has 1 fully saturated rings. The Labute approximate surface area is 169 Å². The van der Waals surface area contributed by atoms with Crippen LogP contribution in [0.15, 0.2) is 40.5 Å². The molecule has 0 unspecified atom stereocenters. The maximum Gasteiger partial charge on any atom is 0.196 e. The number of carbonyl (C=O) groups is 1. The Morgan fingerprint density at radius 3 is 2.66 bits per heavy atom. The van der Waals surface area contributed by atoms with Gasteiger partial charge in [0.2, 0.25) is 0 Å². The number of Topliss-reactive ketones (excluding diaryl/α,β-unsaturated/α-hetero) is 1. The summed E-state index contributed by atoms with van der Waals surface area (Å²) >= 11 is 0. The average Bonchev–Trinajstić information content (AvgIpc) is 2.65. The van der Waals surface area contributed by atoms with Crippen LogP contribution in [0.3, 0.4) is 0 Å². The van der Waals surface area contributed by atoms with Gasteiger partial charge in [-0.2, -0.15) is 0 Å². The molecule has 1 heterocycles. The van der Waals surface area contributed by atoms with Crippen LogP contribution in [-0.2, 0) is 4.79 Å². The van der Waals surface area contributed by atoms with Crippen molar-refractivity contribution in [3.05, 3.63) is 46.9 Å². The molecule has 29 heavy (non-hydrogen) atoms. The second kappa shape index (κ2) is 7.88. The van der Waals surface area contributed by atoms with Gasteiger partial charge in [0.05, 0.1) is 6.10 Å². The number of hydrogen-bond donors (Lipinski definition) is 4. The second-order valence-corrected chi connectivity index (χ2v) is 8.83. The number of nitrogens with one attached hydrogen (secondary N) is 2. The lowest BCUT2D eigenvalue weighted by atomic mass is 9.69. The standard InChI is InChI=1S/C22H28FN3O3/c1-22(7-2-8-27)11-17-19(18(29)12-22)20(13-3-5-14(23)6-4-13)26-21(25-17)24-15-9-16(28)10-15/h3-6,15-16,20,27-28H,2,7-12H2,1H3,(H2,24,25,26)/t15?,16?,20-,22-/m0/s1. The van der Waals surface area contributed by atoms with Gasteiger partial charge >= 0.3 is 0 Å². The predicted molar refractivity (Wildman–Crippen MR) is 108 cm³/mol. The normalized spacial score (nSPS) is 31.5. The average molecular weight is 401 g/mol. The molecule has 6 nitrogen and oxygen atoms in total. The zero-order chi connectivity index (χ0) is 20.6. The van der Waals surface area contributed by atoms with Crippen LogP contribution < -0.4 is 10.6 Å². The molecular formula is C22H28FN3O3. The number of carbonyl (C=O) groups excluding carboxylic acids is 1. The summed E-state index contributed by atoms with van der Waals surface area (Å²) in [6.45, 7) is 2.19. The van der Waals surface area contributed by atoms with E-state index in [2.05, 4.69) is 17.6 Å². The van der Waals surface area contributed by atoms with Crippen LogP contribution in [0.5, 0.6) is 0 Å². The van der Waals surface area contributed by atoms with Crippen molar-refractivity contribution >= 4 is 11.7 Å². The molecule has 156 valence electrons. The highest BCUT2D eigenvalue weighted by Crippen LogP contribution is 2.45. The van der Waals surface area contributed by atoms with E-state index >= 15 is 0 Å². The van der Waals surface area contributed by atoms with Crippen molar-refractivity contribution in [1.82, 2.24) is 10.6 Å². The number of nitrogens with zero attached hydrogens (tertiary/aromatic N) is 1. The number of aliphatic hydroxyl groups excluding tert-OH is 2. The molecule has 4 N–H and O–H groups in total. The van der Waals surface area contributed by atoms with Gasteiger partial charge in [-0.1, -0.05) is 19.1 Å². The first-order chi connectivity index (χ1) is 13.9. The number of aliphatic hydroxyl groups is 2. The Kier molecular flexibility index (Phi) is 5.44. The first kappa shape index (κ1) is 20.0. The zero-order valence-electron chi connectivity index (χ0n) is 16.6. The van der Waals surface area contributed by atoms with E-state index in [0.717, 1.165) is 17.7 Å². The zero-order valence-corrected chi connectivity index (χ0v) is 16.6. The van der Waals surface area contributed by atoms with Crippen molar-refractivity contribution in [2.45, 2.75) is 63.6 Å². The van der Waals surface area contributed by atoms with Crippen LogP contribution in [0.25, 0.3) is 0 Å². The van der Waals surface area contributed by atoms with Gasteiger partial charge in [-0.05, 0) is 55.2 Å². The van der Waals surface area contributed by atoms with Crippen LogP contribution in [0.1, 0.15) is 57.1 Å². The van der Waals surface area contributed by atoms with Gasteiger partial charge in [-0.15, -0.1) is 0 Å². The molecule has 0 amide bonds. The minimum absolute atomic E-state index is 0.0513. The third kappa shape index (κ3) is 4.21. The second-order valence-electron chi connectivity index (χ2n) is 8.83. The van der Waals surface area contributed by atoms with Crippen LogP contribution in [0.2, 0.25) is 0 Å². The molecule has 1 aromatic carbocycles. The quantitative estimate of drug-likeness (QED) is 0.608. The van der Waals surface area contributed by atoms with Crippen LogP contribution in [0, 0.1) is 11.2 Å². The van der Waals surface area contributed by atoms with Crippen molar-refractivity contribution < 1.29 is 19.4 Å². The van der Waals surface area contributed by atoms with Crippen molar-refractivity contribution in [3.8, 4) is 0 Å². The van der Waals surface area contributed by atoms with Crippen LogP contribution in [0.4, 0.5) is 4.39 Å². The monoisotopic (exact) mass is 401 g/mol. The smallest absolute Gasteiger partial charge is 0.196 e. The molecule has 3 aliphatic rings. The largest absolute Gasteiger partial charge is 0.396 e. The van der Waals surface area contributed by atoms with E-state index in [0.29, 0.717) is 43.6 Å². The number of benzene rings is 1. The Balaban J connectivity index is 1.65. The third-order valence-electron chi connectivity index (χ3n) is 6.20. The first-order valence-corrected chi connectivity index (χ1v) is 10.3. The van der Waals surface area contributed by atoms with E-state index in [1.165, 1.54) is 12.1 Å². The summed E-state index contributed by atoms with van der Waals surface area (Å²) < 4.78 is 13.4. The molecule has 0 saturated heterocycles. The number of guanidine groups is 1. The van der Waals surface area contributed by atoms with E-state index in [4.69, 9.17) is 4.99 Å². The number of rotatable bonds is 5. The summed E-state index contributed by atoms with van der Waals surface area (Å²) in [4.78, 5) is 17.9. The SMILES string of the molecule is C[C@@]1(CCCO)CC(=O)C2=C(C1)NC(NC1CC(O)C1)=N[C@H]2c1ccc(F)cc1. The highest BCUT2D eigenvalue weighted by Gasteiger charge is 2.41. The van der Waals surface area contributed by atoms with Gasteiger partial charge in [-0.3, -0.25) is 4.79 Å². The summed E-state index contributed by atoms with van der Waals surface area (Å²) in [5.41, 5.74) is 2.07. The Hall–Kier alpha value is -2.25. The summed E-state index contributed by atoms with van der Waals surface area (Å²) in [5, 5.41) is 25.4. The summed E-state index contributed by atoms with van der Waals surface area (Å²) in [6.07, 6.45) is 3.59. The van der Waals surface area contributed by atoms with E-state index in [9.17, 15) is 19.4 Å². The van der Waals surface area contributed by atoms with Crippen molar-refractivity contribution in [1.29, 1.82) is 0 Å². The van der Waals surface area contributed by atoms with Gasteiger partial charge in [0, 0.05) is 30.3 Å². The molecule has 1 saturated carbocycles. The van der Waals surface area contributed by atoms with E-state index in [-0.39, 0.29) is 35.8 Å². The van der Waals surface area contributed by atoms with Gasteiger partial charge in [0.1, 0.15) is 11.9 Å².